The van der Waals surface area contributed by atoms with Crippen LogP contribution in [0.4, 0.5) is 4.39 Å². The molecule has 5 heteroatoms. The van der Waals surface area contributed by atoms with Crippen molar-refractivity contribution in [3.05, 3.63) is 41.2 Å². The lowest BCUT2D eigenvalue weighted by molar-refractivity contribution is 0.0691. The van der Waals surface area contributed by atoms with Gasteiger partial charge in [0.2, 0.25) is 0 Å². The van der Waals surface area contributed by atoms with Crippen molar-refractivity contribution in [2.45, 2.75) is 4.90 Å². The van der Waals surface area contributed by atoms with Crippen molar-refractivity contribution >= 4 is 29.3 Å². The predicted octanol–water partition coefficient (Wildman–Crippen LogP) is 3.37. The molecule has 0 heterocycles. The first-order valence-electron chi connectivity index (χ1n) is 3.99. The van der Waals surface area contributed by atoms with Gasteiger partial charge in [-0.15, -0.1) is 11.8 Å². The number of halogens is 2. The summed E-state index contributed by atoms with van der Waals surface area (Å²) >= 11 is 6.86. The van der Waals surface area contributed by atoms with Crippen molar-refractivity contribution in [2.75, 3.05) is 5.75 Å². The van der Waals surface area contributed by atoms with E-state index in [9.17, 15) is 9.18 Å². The van der Waals surface area contributed by atoms with Gasteiger partial charge >= 0.3 is 5.97 Å². The Morgan fingerprint density at radius 2 is 2.27 bits per heavy atom. The average Bonchev–Trinajstić information content (AvgIpc) is 2.16. The van der Waals surface area contributed by atoms with Gasteiger partial charge in [-0.3, -0.25) is 0 Å². The fourth-order valence-corrected chi connectivity index (χ4v) is 1.77. The molecule has 0 saturated heterocycles. The third kappa shape index (κ3) is 3.57. The van der Waals surface area contributed by atoms with Crippen molar-refractivity contribution in [1.82, 2.24) is 0 Å². The molecule has 2 nitrogen and oxygen atoms in total. The summed E-state index contributed by atoms with van der Waals surface area (Å²) in [6.07, 6.45) is 0. The molecule has 1 aromatic carbocycles. The Labute approximate surface area is 95.7 Å². The lowest BCUT2D eigenvalue weighted by Gasteiger charge is -2.02. The van der Waals surface area contributed by atoms with Gasteiger partial charge in [-0.1, -0.05) is 18.2 Å². The average molecular weight is 247 g/mol. The number of benzene rings is 1. The number of aromatic carboxylic acids is 1. The summed E-state index contributed by atoms with van der Waals surface area (Å²) in [5.41, 5.74) is -0.333. The summed E-state index contributed by atoms with van der Waals surface area (Å²) in [7, 11) is 0. The summed E-state index contributed by atoms with van der Waals surface area (Å²) in [6.45, 7) is 3.50. The number of hydrogen-bond donors (Lipinski definition) is 1. The van der Waals surface area contributed by atoms with Crippen LogP contribution in [0.2, 0.25) is 0 Å². The molecule has 1 N–H and O–H groups in total. The summed E-state index contributed by atoms with van der Waals surface area (Å²) in [6, 6.07) is 3.91. The second-order valence-corrected chi connectivity index (χ2v) is 4.34. The van der Waals surface area contributed by atoms with Crippen LogP contribution in [0.3, 0.4) is 0 Å². The molecule has 0 atom stereocenters. The molecule has 0 spiro atoms. The highest BCUT2D eigenvalue weighted by Crippen LogP contribution is 2.23. The molecule has 0 aliphatic heterocycles. The number of rotatable bonds is 4. The summed E-state index contributed by atoms with van der Waals surface area (Å²) in [5.74, 6) is -1.55. The van der Waals surface area contributed by atoms with Gasteiger partial charge in [-0.25, -0.2) is 9.18 Å². The number of hydrogen-bond acceptors (Lipinski definition) is 2. The van der Waals surface area contributed by atoms with Crippen LogP contribution >= 0.6 is 23.4 Å². The molecule has 0 bridgehead atoms. The van der Waals surface area contributed by atoms with Gasteiger partial charge in [-0.2, -0.15) is 0 Å². The quantitative estimate of drug-likeness (QED) is 0.828. The van der Waals surface area contributed by atoms with E-state index in [4.69, 9.17) is 16.7 Å². The standard InChI is InChI=1S/C10H8ClFO2S/c1-6(11)5-15-7-2-3-9(12)8(4-7)10(13)14/h2-4H,1,5H2,(H,13,14). The summed E-state index contributed by atoms with van der Waals surface area (Å²) in [5, 5.41) is 9.13. The van der Waals surface area contributed by atoms with Crippen molar-refractivity contribution in [1.29, 1.82) is 0 Å². The van der Waals surface area contributed by atoms with Gasteiger partial charge in [0.05, 0.1) is 5.56 Å². The van der Waals surface area contributed by atoms with Crippen LogP contribution in [-0.4, -0.2) is 16.8 Å². The Bertz CT molecular complexity index is 406. The topological polar surface area (TPSA) is 37.3 Å². The van der Waals surface area contributed by atoms with Crippen LogP contribution in [0.5, 0.6) is 0 Å². The molecule has 0 fully saturated rings. The summed E-state index contributed by atoms with van der Waals surface area (Å²) in [4.78, 5) is 11.3. The SMILES string of the molecule is C=C(Cl)CSc1ccc(F)c(C(=O)O)c1. The molecular formula is C10H8ClFO2S. The highest BCUT2D eigenvalue weighted by molar-refractivity contribution is 7.99. The molecular weight excluding hydrogens is 239 g/mol. The minimum Gasteiger partial charge on any atom is -0.478 e. The van der Waals surface area contributed by atoms with E-state index in [2.05, 4.69) is 6.58 Å². The van der Waals surface area contributed by atoms with E-state index in [0.29, 0.717) is 15.7 Å². The Hall–Kier alpha value is -1.00. The fraction of sp³-hybridized carbons (Fsp3) is 0.100. The highest BCUT2D eigenvalue weighted by Gasteiger charge is 2.10. The molecule has 0 unspecified atom stereocenters. The van der Waals surface area contributed by atoms with E-state index in [1.165, 1.54) is 23.9 Å². The zero-order valence-corrected chi connectivity index (χ0v) is 9.24. The maximum Gasteiger partial charge on any atom is 0.338 e. The van der Waals surface area contributed by atoms with Gasteiger partial charge in [0.15, 0.2) is 0 Å². The van der Waals surface area contributed by atoms with Gasteiger partial charge < -0.3 is 5.11 Å². The van der Waals surface area contributed by atoms with Crippen LogP contribution in [0.1, 0.15) is 10.4 Å². The molecule has 0 aliphatic carbocycles. The second kappa shape index (κ2) is 5.19. The first kappa shape index (κ1) is 12.1. The first-order chi connectivity index (χ1) is 7.00. The number of carboxylic acids is 1. The van der Waals surface area contributed by atoms with E-state index in [1.807, 2.05) is 0 Å². The molecule has 0 aromatic heterocycles. The fourth-order valence-electron chi connectivity index (χ4n) is 0.920. The second-order valence-electron chi connectivity index (χ2n) is 2.75. The van der Waals surface area contributed by atoms with Crippen LogP contribution in [-0.2, 0) is 0 Å². The number of carbonyl (C=O) groups is 1. The normalized spacial score (nSPS) is 10.0. The monoisotopic (exact) mass is 246 g/mol. The molecule has 0 aliphatic rings. The van der Waals surface area contributed by atoms with E-state index in [1.54, 1.807) is 0 Å². The van der Waals surface area contributed by atoms with Crippen molar-refractivity contribution in [3.8, 4) is 0 Å². The van der Waals surface area contributed by atoms with Crippen LogP contribution in [0.15, 0.2) is 34.7 Å². The minimum absolute atomic E-state index is 0.333. The molecule has 80 valence electrons. The van der Waals surface area contributed by atoms with Crippen LogP contribution < -0.4 is 0 Å². The van der Waals surface area contributed by atoms with Gasteiger partial charge in [-0.05, 0) is 18.2 Å². The molecule has 0 saturated carbocycles. The Kier molecular flexibility index (Phi) is 4.17. The van der Waals surface area contributed by atoms with Gasteiger partial charge in [0, 0.05) is 15.7 Å². The third-order valence-electron chi connectivity index (χ3n) is 1.56. The van der Waals surface area contributed by atoms with Gasteiger partial charge in [0.25, 0.3) is 0 Å². The number of carboxylic acid groups (broad SMARTS) is 1. The Balaban J connectivity index is 2.87. The minimum atomic E-state index is -1.28. The van der Waals surface area contributed by atoms with Crippen LogP contribution in [0, 0.1) is 5.82 Å². The Morgan fingerprint density at radius 1 is 1.60 bits per heavy atom. The van der Waals surface area contributed by atoms with Gasteiger partial charge in [0.1, 0.15) is 5.82 Å². The maximum atomic E-state index is 13.0. The van der Waals surface area contributed by atoms with E-state index < -0.39 is 11.8 Å². The zero-order valence-electron chi connectivity index (χ0n) is 7.67. The predicted molar refractivity (Wildman–Crippen MR) is 59.1 cm³/mol. The molecule has 1 rings (SSSR count). The molecule has 0 amide bonds. The number of thioether (sulfide) groups is 1. The largest absolute Gasteiger partial charge is 0.478 e. The molecule has 15 heavy (non-hydrogen) atoms. The maximum absolute atomic E-state index is 13.0. The highest BCUT2D eigenvalue weighted by atomic mass is 35.5. The third-order valence-corrected chi connectivity index (χ3v) is 2.94. The van der Waals surface area contributed by atoms with E-state index >= 15 is 0 Å². The lowest BCUT2D eigenvalue weighted by Crippen LogP contribution is -2.00. The molecule has 0 radical (unpaired) electrons. The smallest absolute Gasteiger partial charge is 0.338 e. The lowest BCUT2D eigenvalue weighted by atomic mass is 10.2. The summed E-state index contributed by atoms with van der Waals surface area (Å²) < 4.78 is 13.0. The van der Waals surface area contributed by atoms with E-state index in [0.717, 1.165) is 6.07 Å². The molecule has 1 aromatic rings. The zero-order chi connectivity index (χ0) is 11.4. The van der Waals surface area contributed by atoms with Crippen molar-refractivity contribution in [3.63, 3.8) is 0 Å². The van der Waals surface area contributed by atoms with E-state index in [-0.39, 0.29) is 5.56 Å². The Morgan fingerprint density at radius 3 is 2.80 bits per heavy atom. The van der Waals surface area contributed by atoms with Crippen molar-refractivity contribution in [2.24, 2.45) is 0 Å². The first-order valence-corrected chi connectivity index (χ1v) is 5.36. The van der Waals surface area contributed by atoms with Crippen molar-refractivity contribution < 1.29 is 14.3 Å². The van der Waals surface area contributed by atoms with Crippen LogP contribution in [0.25, 0.3) is 0 Å².